The van der Waals surface area contributed by atoms with Gasteiger partial charge in [0.2, 0.25) is 15.9 Å². The molecular formula is C22H31N3O5S. The molecule has 2 amide bonds. The van der Waals surface area contributed by atoms with Gasteiger partial charge in [0.05, 0.1) is 10.6 Å². The van der Waals surface area contributed by atoms with Crippen LogP contribution in [0, 0.1) is 11.8 Å². The van der Waals surface area contributed by atoms with Crippen LogP contribution in [0.5, 0.6) is 5.75 Å². The molecule has 0 saturated carbocycles. The van der Waals surface area contributed by atoms with Gasteiger partial charge in [-0.05, 0) is 56.2 Å². The van der Waals surface area contributed by atoms with Crippen LogP contribution in [0.3, 0.4) is 0 Å². The standard InChI is InChI=1S/C22H31N3O5S/c1-3-19-21(26)23-18-14-17(4-5-20(18)30-19)31(28,29)25-12-8-16(9-13-25)22(27)24-10-6-15(2)7-11-24/h4-5,14-16,19H,3,6-13H2,1-2H3,(H,23,26). The first-order valence-corrected chi connectivity index (χ1v) is 12.6. The van der Waals surface area contributed by atoms with Crippen molar-refractivity contribution in [1.29, 1.82) is 0 Å². The van der Waals surface area contributed by atoms with Gasteiger partial charge < -0.3 is 15.0 Å². The lowest BCUT2D eigenvalue weighted by atomic mass is 9.93. The number of sulfonamides is 1. The summed E-state index contributed by atoms with van der Waals surface area (Å²) in [6.45, 7) is 6.32. The van der Waals surface area contributed by atoms with Crippen LogP contribution in [0.15, 0.2) is 23.1 Å². The van der Waals surface area contributed by atoms with E-state index in [9.17, 15) is 18.0 Å². The fourth-order valence-corrected chi connectivity index (χ4v) is 6.03. The Kier molecular flexibility index (Phi) is 6.25. The van der Waals surface area contributed by atoms with E-state index >= 15 is 0 Å². The fourth-order valence-electron chi connectivity index (χ4n) is 4.54. The van der Waals surface area contributed by atoms with Gasteiger partial charge in [-0.1, -0.05) is 13.8 Å². The van der Waals surface area contributed by atoms with Crippen LogP contribution >= 0.6 is 0 Å². The number of nitrogens with one attached hydrogen (secondary N) is 1. The van der Waals surface area contributed by atoms with Gasteiger partial charge in [-0.3, -0.25) is 9.59 Å². The van der Waals surface area contributed by atoms with E-state index in [1.165, 1.54) is 16.4 Å². The SMILES string of the molecule is CCC1Oc2ccc(S(=O)(=O)N3CCC(C(=O)N4CCC(C)CC4)CC3)cc2NC1=O. The zero-order valence-corrected chi connectivity index (χ0v) is 19.0. The fraction of sp³-hybridized carbons (Fsp3) is 0.636. The van der Waals surface area contributed by atoms with Gasteiger partial charge >= 0.3 is 0 Å². The predicted molar refractivity (Wildman–Crippen MR) is 116 cm³/mol. The molecule has 2 saturated heterocycles. The second-order valence-corrected chi connectivity index (χ2v) is 10.8. The largest absolute Gasteiger partial charge is 0.478 e. The van der Waals surface area contributed by atoms with Crippen LogP contribution in [0.25, 0.3) is 0 Å². The number of rotatable bonds is 4. The lowest BCUT2D eigenvalue weighted by Gasteiger charge is -2.36. The highest BCUT2D eigenvalue weighted by molar-refractivity contribution is 7.89. The van der Waals surface area contributed by atoms with Crippen LogP contribution in [-0.2, 0) is 19.6 Å². The predicted octanol–water partition coefficient (Wildman–Crippen LogP) is 2.46. The van der Waals surface area contributed by atoms with E-state index in [1.807, 2.05) is 11.8 Å². The summed E-state index contributed by atoms with van der Waals surface area (Å²) in [7, 11) is -3.71. The molecule has 0 spiro atoms. The minimum absolute atomic E-state index is 0.109. The molecular weight excluding hydrogens is 418 g/mol. The number of carbonyl (C=O) groups is 2. The Bertz CT molecular complexity index is 948. The van der Waals surface area contributed by atoms with E-state index in [-0.39, 0.29) is 22.6 Å². The van der Waals surface area contributed by atoms with E-state index in [2.05, 4.69) is 12.2 Å². The molecule has 0 radical (unpaired) electrons. The Labute approximate surface area is 184 Å². The van der Waals surface area contributed by atoms with E-state index in [1.54, 1.807) is 6.07 Å². The molecule has 31 heavy (non-hydrogen) atoms. The Morgan fingerprint density at radius 2 is 1.81 bits per heavy atom. The van der Waals surface area contributed by atoms with Gasteiger partial charge in [-0.25, -0.2) is 8.42 Å². The Morgan fingerprint density at radius 1 is 1.13 bits per heavy atom. The van der Waals surface area contributed by atoms with Crippen molar-refractivity contribution < 1.29 is 22.7 Å². The van der Waals surface area contributed by atoms with Gasteiger partial charge in [0, 0.05) is 32.1 Å². The average molecular weight is 450 g/mol. The first-order chi connectivity index (χ1) is 14.8. The highest BCUT2D eigenvalue weighted by Gasteiger charge is 2.35. The van der Waals surface area contributed by atoms with E-state index in [0.717, 1.165) is 25.9 Å². The first kappa shape index (κ1) is 22.1. The molecule has 0 bridgehead atoms. The minimum Gasteiger partial charge on any atom is -0.478 e. The molecule has 3 aliphatic rings. The highest BCUT2D eigenvalue weighted by atomic mass is 32.2. The number of fused-ring (bicyclic) bond motifs is 1. The van der Waals surface area contributed by atoms with Crippen LogP contribution in [0.4, 0.5) is 5.69 Å². The van der Waals surface area contributed by atoms with Gasteiger partial charge in [-0.15, -0.1) is 0 Å². The molecule has 4 rings (SSSR count). The molecule has 1 unspecified atom stereocenters. The summed E-state index contributed by atoms with van der Waals surface area (Å²) < 4.78 is 33.4. The lowest BCUT2D eigenvalue weighted by molar-refractivity contribution is -0.138. The van der Waals surface area contributed by atoms with Crippen molar-refractivity contribution in [2.75, 3.05) is 31.5 Å². The molecule has 1 aromatic rings. The molecule has 3 heterocycles. The average Bonchev–Trinajstić information content (AvgIpc) is 2.78. The molecule has 0 aliphatic carbocycles. The van der Waals surface area contributed by atoms with Gasteiger partial charge in [-0.2, -0.15) is 4.31 Å². The maximum atomic E-state index is 13.2. The number of carbonyl (C=O) groups excluding carboxylic acids is 2. The van der Waals surface area contributed by atoms with Crippen molar-refractivity contribution in [2.45, 2.75) is 57.0 Å². The van der Waals surface area contributed by atoms with E-state index < -0.39 is 16.1 Å². The summed E-state index contributed by atoms with van der Waals surface area (Å²) in [6, 6.07) is 4.57. The summed E-state index contributed by atoms with van der Waals surface area (Å²) in [5.41, 5.74) is 0.375. The van der Waals surface area contributed by atoms with Crippen molar-refractivity contribution in [3.05, 3.63) is 18.2 Å². The number of hydrogen-bond acceptors (Lipinski definition) is 5. The second kappa shape index (κ2) is 8.78. The number of amides is 2. The minimum atomic E-state index is -3.71. The third-order valence-electron chi connectivity index (χ3n) is 6.68. The lowest BCUT2D eigenvalue weighted by Crippen LogP contribution is -2.46. The second-order valence-electron chi connectivity index (χ2n) is 8.85. The number of anilines is 1. The molecule has 9 heteroatoms. The molecule has 170 valence electrons. The molecule has 2 fully saturated rings. The van der Waals surface area contributed by atoms with Crippen LogP contribution < -0.4 is 10.1 Å². The molecule has 1 N–H and O–H groups in total. The Hall–Kier alpha value is -2.13. The summed E-state index contributed by atoms with van der Waals surface area (Å²) in [5.74, 6) is 0.933. The number of hydrogen-bond donors (Lipinski definition) is 1. The number of piperidine rings is 2. The van der Waals surface area contributed by atoms with Crippen LogP contribution in [-0.4, -0.2) is 61.7 Å². The molecule has 8 nitrogen and oxygen atoms in total. The third kappa shape index (κ3) is 4.43. The van der Waals surface area contributed by atoms with Crippen LogP contribution in [0.1, 0.15) is 46.0 Å². The number of benzene rings is 1. The topological polar surface area (TPSA) is 96.0 Å². The molecule has 1 aromatic carbocycles. The van der Waals surface area contributed by atoms with Crippen molar-refractivity contribution in [3.63, 3.8) is 0 Å². The van der Waals surface area contributed by atoms with E-state index in [4.69, 9.17) is 4.74 Å². The van der Waals surface area contributed by atoms with Gasteiger partial charge in [0.25, 0.3) is 5.91 Å². The third-order valence-corrected chi connectivity index (χ3v) is 8.57. The molecule has 3 aliphatic heterocycles. The summed E-state index contributed by atoms with van der Waals surface area (Å²) >= 11 is 0. The molecule has 0 aromatic heterocycles. The Morgan fingerprint density at radius 3 is 2.45 bits per heavy atom. The monoisotopic (exact) mass is 449 g/mol. The number of nitrogens with zero attached hydrogens (tertiary/aromatic N) is 2. The zero-order chi connectivity index (χ0) is 22.2. The zero-order valence-electron chi connectivity index (χ0n) is 18.2. The smallest absolute Gasteiger partial charge is 0.265 e. The Balaban J connectivity index is 1.41. The van der Waals surface area contributed by atoms with Gasteiger partial charge in [0.1, 0.15) is 5.75 Å². The number of ether oxygens (including phenoxy) is 1. The van der Waals surface area contributed by atoms with Crippen LogP contribution in [0.2, 0.25) is 0 Å². The van der Waals surface area contributed by atoms with Gasteiger partial charge in [0.15, 0.2) is 6.10 Å². The maximum Gasteiger partial charge on any atom is 0.265 e. The van der Waals surface area contributed by atoms with E-state index in [0.29, 0.717) is 49.7 Å². The quantitative estimate of drug-likeness (QED) is 0.762. The van der Waals surface area contributed by atoms with Crippen molar-refractivity contribution in [3.8, 4) is 5.75 Å². The maximum absolute atomic E-state index is 13.2. The first-order valence-electron chi connectivity index (χ1n) is 11.2. The van der Waals surface area contributed by atoms with Crippen molar-refractivity contribution >= 4 is 27.5 Å². The van der Waals surface area contributed by atoms with Crippen molar-refractivity contribution in [1.82, 2.24) is 9.21 Å². The normalized spacial score (nSPS) is 23.7. The molecule has 1 atom stereocenters. The highest BCUT2D eigenvalue weighted by Crippen LogP contribution is 2.34. The summed E-state index contributed by atoms with van der Waals surface area (Å²) in [4.78, 5) is 27.0. The summed E-state index contributed by atoms with van der Waals surface area (Å²) in [5, 5.41) is 2.74. The van der Waals surface area contributed by atoms with Crippen molar-refractivity contribution in [2.24, 2.45) is 11.8 Å². The summed E-state index contributed by atoms with van der Waals surface area (Å²) in [6.07, 6.45) is 3.12. The number of likely N-dealkylation sites (tertiary alicyclic amines) is 1.